The van der Waals surface area contributed by atoms with E-state index in [9.17, 15) is 13.2 Å². The Kier molecular flexibility index (Phi) is 4.97. The first-order chi connectivity index (χ1) is 9.95. The van der Waals surface area contributed by atoms with Gasteiger partial charge in [-0.25, -0.2) is 8.42 Å². The zero-order valence-corrected chi connectivity index (χ0v) is 13.0. The number of hydrogen-bond acceptors (Lipinski definition) is 4. The molecular formula is C14H20N2O4S. The first-order valence-corrected chi connectivity index (χ1v) is 8.52. The van der Waals surface area contributed by atoms with Gasteiger partial charge in [-0.3, -0.25) is 4.79 Å². The molecule has 0 saturated carbocycles. The molecule has 0 fully saturated rings. The third-order valence-electron chi connectivity index (χ3n) is 3.46. The number of rotatable bonds is 5. The topological polar surface area (TPSA) is 75.7 Å². The largest absolute Gasteiger partial charge is 0.381 e. The number of anilines is 1. The molecule has 0 radical (unpaired) electrons. The summed E-state index contributed by atoms with van der Waals surface area (Å²) in [5.74, 6) is -0.444. The molecule has 7 heteroatoms. The summed E-state index contributed by atoms with van der Waals surface area (Å²) < 4.78 is 31.2. The zero-order valence-electron chi connectivity index (χ0n) is 12.2. The van der Waals surface area contributed by atoms with E-state index in [1.807, 2.05) is 25.1 Å². The van der Waals surface area contributed by atoms with E-state index < -0.39 is 16.1 Å². The van der Waals surface area contributed by atoms with Gasteiger partial charge in [0.05, 0.1) is 12.4 Å². The number of fused-ring (bicyclic) bond motifs is 1. The lowest BCUT2D eigenvalue weighted by molar-refractivity contribution is -0.119. The van der Waals surface area contributed by atoms with Gasteiger partial charge < -0.3 is 10.1 Å². The minimum absolute atomic E-state index is 0.124. The Balaban J connectivity index is 2.28. The molecule has 0 bridgehead atoms. The average molecular weight is 312 g/mol. The second-order valence-electron chi connectivity index (χ2n) is 4.88. The van der Waals surface area contributed by atoms with Crippen LogP contribution in [0.4, 0.5) is 5.69 Å². The summed E-state index contributed by atoms with van der Waals surface area (Å²) in [6.45, 7) is 4.19. The number of carbonyl (C=O) groups excluding carboxylic acids is 1. The maximum absolute atomic E-state index is 12.4. The molecule has 1 aliphatic heterocycles. The first-order valence-electron chi connectivity index (χ1n) is 6.91. The van der Waals surface area contributed by atoms with E-state index in [0.717, 1.165) is 5.56 Å². The highest BCUT2D eigenvalue weighted by Crippen LogP contribution is 2.25. The third kappa shape index (κ3) is 3.61. The number of hydrogen-bond donors (Lipinski definition) is 1. The molecule has 0 aromatic heterocycles. The van der Waals surface area contributed by atoms with Crippen LogP contribution in [0.25, 0.3) is 0 Å². The molecular weight excluding hydrogens is 292 g/mol. The van der Waals surface area contributed by atoms with Gasteiger partial charge in [0, 0.05) is 18.8 Å². The van der Waals surface area contributed by atoms with Crippen LogP contribution in [0.3, 0.4) is 0 Å². The Labute approximate surface area is 125 Å². The standard InChI is InChI=1S/C14H20N2O4S/c1-3-20-8-9-21(18,19)16-10-12-6-4-5-7-13(12)15-14(17)11(16)2/h4-7,11H,3,8-10H2,1-2H3,(H,15,17). The quantitative estimate of drug-likeness (QED) is 0.829. The minimum atomic E-state index is -3.56. The molecule has 6 nitrogen and oxygen atoms in total. The van der Waals surface area contributed by atoms with Gasteiger partial charge >= 0.3 is 0 Å². The highest BCUT2D eigenvalue weighted by atomic mass is 32.2. The lowest BCUT2D eigenvalue weighted by atomic mass is 10.2. The summed E-state index contributed by atoms with van der Waals surface area (Å²) >= 11 is 0. The molecule has 1 unspecified atom stereocenters. The van der Waals surface area contributed by atoms with Gasteiger partial charge in [-0.05, 0) is 25.5 Å². The van der Waals surface area contributed by atoms with Crippen LogP contribution in [0.5, 0.6) is 0 Å². The second kappa shape index (κ2) is 6.55. The molecule has 0 aliphatic carbocycles. The number of para-hydroxylation sites is 1. The van der Waals surface area contributed by atoms with Gasteiger partial charge in [0.2, 0.25) is 15.9 Å². The van der Waals surface area contributed by atoms with Crippen LogP contribution in [-0.2, 0) is 26.1 Å². The number of benzene rings is 1. The van der Waals surface area contributed by atoms with Gasteiger partial charge in [0.25, 0.3) is 0 Å². The number of sulfonamides is 1. The Morgan fingerprint density at radius 1 is 1.38 bits per heavy atom. The highest BCUT2D eigenvalue weighted by Gasteiger charge is 2.34. The van der Waals surface area contributed by atoms with Gasteiger partial charge in [0.1, 0.15) is 6.04 Å². The molecule has 116 valence electrons. The van der Waals surface area contributed by atoms with E-state index in [4.69, 9.17) is 4.74 Å². The first kappa shape index (κ1) is 15.9. The molecule has 2 rings (SSSR count). The van der Waals surface area contributed by atoms with Crippen molar-refractivity contribution in [2.75, 3.05) is 24.3 Å². The van der Waals surface area contributed by atoms with Crippen molar-refractivity contribution in [3.63, 3.8) is 0 Å². The Bertz CT molecular complexity index is 615. The maximum atomic E-state index is 12.4. The van der Waals surface area contributed by atoms with Crippen LogP contribution < -0.4 is 5.32 Å². The molecule has 1 heterocycles. The second-order valence-corrected chi connectivity index (χ2v) is 6.92. The van der Waals surface area contributed by atoms with Gasteiger partial charge in [-0.1, -0.05) is 18.2 Å². The Morgan fingerprint density at radius 3 is 2.81 bits per heavy atom. The van der Waals surface area contributed by atoms with Crippen molar-refractivity contribution >= 4 is 21.6 Å². The average Bonchev–Trinajstić information content (AvgIpc) is 2.57. The molecule has 1 N–H and O–H groups in total. The van der Waals surface area contributed by atoms with Crippen LogP contribution in [0, 0.1) is 0 Å². The summed E-state index contributed by atoms with van der Waals surface area (Å²) in [6, 6.07) is 6.48. The van der Waals surface area contributed by atoms with E-state index >= 15 is 0 Å². The summed E-state index contributed by atoms with van der Waals surface area (Å²) in [5, 5.41) is 2.77. The lowest BCUT2D eigenvalue weighted by Crippen LogP contribution is -2.44. The number of carbonyl (C=O) groups is 1. The zero-order chi connectivity index (χ0) is 15.5. The highest BCUT2D eigenvalue weighted by molar-refractivity contribution is 7.89. The number of nitrogens with zero attached hydrogens (tertiary/aromatic N) is 1. The monoisotopic (exact) mass is 312 g/mol. The fraction of sp³-hybridized carbons (Fsp3) is 0.500. The molecule has 1 aliphatic rings. The molecule has 1 atom stereocenters. The summed E-state index contributed by atoms with van der Waals surface area (Å²) in [7, 11) is -3.56. The van der Waals surface area contributed by atoms with E-state index in [-0.39, 0.29) is 24.8 Å². The number of ether oxygens (including phenoxy) is 1. The maximum Gasteiger partial charge on any atom is 0.242 e. The van der Waals surface area contributed by atoms with Crippen molar-refractivity contribution in [2.45, 2.75) is 26.4 Å². The van der Waals surface area contributed by atoms with Gasteiger partial charge in [-0.2, -0.15) is 4.31 Å². The van der Waals surface area contributed by atoms with Crippen LogP contribution >= 0.6 is 0 Å². The van der Waals surface area contributed by atoms with Crippen molar-refractivity contribution in [1.82, 2.24) is 4.31 Å². The van der Waals surface area contributed by atoms with Gasteiger partial charge in [0.15, 0.2) is 0 Å². The minimum Gasteiger partial charge on any atom is -0.381 e. The molecule has 1 aromatic rings. The molecule has 1 amide bonds. The lowest BCUT2D eigenvalue weighted by Gasteiger charge is -2.24. The van der Waals surface area contributed by atoms with E-state index in [0.29, 0.717) is 12.3 Å². The van der Waals surface area contributed by atoms with E-state index in [1.165, 1.54) is 4.31 Å². The van der Waals surface area contributed by atoms with Crippen LogP contribution in [0.15, 0.2) is 24.3 Å². The predicted octanol–water partition coefficient (Wildman–Crippen LogP) is 1.20. The number of amides is 1. The van der Waals surface area contributed by atoms with E-state index in [2.05, 4.69) is 5.32 Å². The van der Waals surface area contributed by atoms with Gasteiger partial charge in [-0.15, -0.1) is 0 Å². The fourth-order valence-electron chi connectivity index (χ4n) is 2.22. The number of nitrogens with one attached hydrogen (secondary N) is 1. The van der Waals surface area contributed by atoms with Crippen molar-refractivity contribution < 1.29 is 17.9 Å². The fourth-order valence-corrected chi connectivity index (χ4v) is 3.69. The van der Waals surface area contributed by atoms with Crippen molar-refractivity contribution in [3.05, 3.63) is 29.8 Å². The molecule has 0 saturated heterocycles. The Hall–Kier alpha value is -1.44. The van der Waals surface area contributed by atoms with Crippen LogP contribution in [0.2, 0.25) is 0 Å². The normalized spacial score (nSPS) is 19.7. The third-order valence-corrected chi connectivity index (χ3v) is 5.30. The van der Waals surface area contributed by atoms with Crippen LogP contribution in [0.1, 0.15) is 19.4 Å². The molecule has 0 spiro atoms. The summed E-state index contributed by atoms with van der Waals surface area (Å²) in [6.07, 6.45) is 0. The molecule has 1 aromatic carbocycles. The predicted molar refractivity (Wildman–Crippen MR) is 80.4 cm³/mol. The van der Waals surface area contributed by atoms with Crippen LogP contribution in [-0.4, -0.2) is 43.6 Å². The molecule has 21 heavy (non-hydrogen) atoms. The summed E-state index contributed by atoms with van der Waals surface area (Å²) in [4.78, 5) is 12.1. The summed E-state index contributed by atoms with van der Waals surface area (Å²) in [5.41, 5.74) is 1.45. The van der Waals surface area contributed by atoms with Crippen molar-refractivity contribution in [1.29, 1.82) is 0 Å². The Morgan fingerprint density at radius 2 is 2.10 bits per heavy atom. The SMILES string of the molecule is CCOCCS(=O)(=O)N1Cc2ccccc2NC(=O)C1C. The smallest absolute Gasteiger partial charge is 0.242 e. The van der Waals surface area contributed by atoms with E-state index in [1.54, 1.807) is 13.0 Å². The van der Waals surface area contributed by atoms with Crippen molar-refractivity contribution in [3.8, 4) is 0 Å². The van der Waals surface area contributed by atoms with Crippen molar-refractivity contribution in [2.24, 2.45) is 0 Å².